The average Bonchev–Trinajstić information content (AvgIpc) is 2.31. The molecule has 0 spiro atoms. The molecule has 3 nitrogen and oxygen atoms in total. The minimum absolute atomic E-state index is 0.130. The van der Waals surface area contributed by atoms with Crippen molar-refractivity contribution in [1.29, 1.82) is 5.26 Å². The molecule has 0 heterocycles. The van der Waals surface area contributed by atoms with Gasteiger partial charge in [0.1, 0.15) is 11.9 Å². The number of halogens is 3. The van der Waals surface area contributed by atoms with Crippen molar-refractivity contribution in [1.82, 2.24) is 0 Å². The number of carbonyl (C=O) groups is 1. The van der Waals surface area contributed by atoms with Crippen LogP contribution >= 0.6 is 0 Å². The van der Waals surface area contributed by atoms with E-state index in [4.69, 9.17) is 5.26 Å². The number of esters is 1. The Bertz CT molecular complexity index is 495. The van der Waals surface area contributed by atoms with E-state index in [2.05, 4.69) is 4.74 Å². The molecule has 18 heavy (non-hydrogen) atoms. The van der Waals surface area contributed by atoms with Crippen LogP contribution in [-0.2, 0) is 16.0 Å². The molecule has 0 bridgehead atoms. The lowest BCUT2D eigenvalue weighted by molar-refractivity contribution is -0.142. The van der Waals surface area contributed by atoms with Gasteiger partial charge in [-0.3, -0.25) is 4.79 Å². The zero-order valence-corrected chi connectivity index (χ0v) is 9.54. The van der Waals surface area contributed by atoms with Crippen LogP contribution < -0.4 is 0 Å². The highest BCUT2D eigenvalue weighted by Gasteiger charge is 2.20. The largest absolute Gasteiger partial charge is 0.466 e. The SMILES string of the molecule is CCOC(=O)Cc1ccc(C(F)F)c(C#N)c1F. The summed E-state index contributed by atoms with van der Waals surface area (Å²) in [6.45, 7) is 1.73. The number of nitrogens with zero attached hydrogens (tertiary/aromatic N) is 1. The van der Waals surface area contributed by atoms with E-state index in [1.807, 2.05) is 0 Å². The number of ether oxygens (including phenoxy) is 1. The van der Waals surface area contributed by atoms with Gasteiger partial charge in [-0.1, -0.05) is 12.1 Å². The van der Waals surface area contributed by atoms with Crippen molar-refractivity contribution in [3.8, 4) is 6.07 Å². The molecule has 0 aliphatic carbocycles. The number of nitriles is 1. The topological polar surface area (TPSA) is 50.1 Å². The highest BCUT2D eigenvalue weighted by molar-refractivity contribution is 5.73. The molecule has 96 valence electrons. The first-order valence-corrected chi connectivity index (χ1v) is 5.16. The smallest absolute Gasteiger partial charge is 0.310 e. The molecule has 0 aromatic heterocycles. The molecule has 0 saturated heterocycles. The van der Waals surface area contributed by atoms with Crippen LogP contribution in [0, 0.1) is 17.1 Å². The summed E-state index contributed by atoms with van der Waals surface area (Å²) in [6, 6.07) is 3.39. The Morgan fingerprint density at radius 2 is 2.17 bits per heavy atom. The second-order valence-corrected chi connectivity index (χ2v) is 3.40. The van der Waals surface area contributed by atoms with E-state index >= 15 is 0 Å². The van der Waals surface area contributed by atoms with E-state index < -0.39 is 35.8 Å². The van der Waals surface area contributed by atoms with Gasteiger partial charge in [0.25, 0.3) is 6.43 Å². The summed E-state index contributed by atoms with van der Waals surface area (Å²) in [5.41, 5.74) is -1.54. The Labute approximate surface area is 102 Å². The van der Waals surface area contributed by atoms with Gasteiger partial charge in [-0.15, -0.1) is 0 Å². The highest BCUT2D eigenvalue weighted by Crippen LogP contribution is 2.26. The summed E-state index contributed by atoms with van der Waals surface area (Å²) in [5, 5.41) is 8.67. The predicted octanol–water partition coefficient (Wildman–Crippen LogP) is 2.74. The van der Waals surface area contributed by atoms with Crippen LogP contribution in [0.1, 0.15) is 30.0 Å². The lowest BCUT2D eigenvalue weighted by Crippen LogP contribution is -2.10. The molecule has 1 aromatic carbocycles. The van der Waals surface area contributed by atoms with Crippen molar-refractivity contribution in [3.63, 3.8) is 0 Å². The molecule has 0 aliphatic rings. The molecule has 1 rings (SSSR count). The van der Waals surface area contributed by atoms with Crippen LogP contribution in [0.5, 0.6) is 0 Å². The van der Waals surface area contributed by atoms with Gasteiger partial charge in [-0.05, 0) is 6.92 Å². The van der Waals surface area contributed by atoms with E-state index in [1.54, 1.807) is 6.92 Å². The Morgan fingerprint density at radius 3 is 2.67 bits per heavy atom. The first-order valence-electron chi connectivity index (χ1n) is 5.16. The molecule has 0 aliphatic heterocycles. The number of hydrogen-bond acceptors (Lipinski definition) is 3. The minimum Gasteiger partial charge on any atom is -0.466 e. The Balaban J connectivity index is 3.11. The second kappa shape index (κ2) is 6.05. The van der Waals surface area contributed by atoms with Gasteiger partial charge in [0, 0.05) is 11.1 Å². The molecule has 6 heteroatoms. The fourth-order valence-electron chi connectivity index (χ4n) is 1.43. The van der Waals surface area contributed by atoms with Crippen LogP contribution in [0.4, 0.5) is 13.2 Å². The molecule has 0 amide bonds. The number of rotatable bonds is 4. The van der Waals surface area contributed by atoms with E-state index in [9.17, 15) is 18.0 Å². The summed E-state index contributed by atoms with van der Waals surface area (Å²) >= 11 is 0. The standard InChI is InChI=1S/C12H10F3NO2/c1-2-18-10(17)5-7-3-4-8(12(14)15)9(6-16)11(7)13/h3-4,12H,2,5H2,1H3. The Hall–Kier alpha value is -2.03. The third-order valence-electron chi connectivity index (χ3n) is 2.24. The highest BCUT2D eigenvalue weighted by atomic mass is 19.3. The van der Waals surface area contributed by atoms with E-state index in [1.165, 1.54) is 6.07 Å². The van der Waals surface area contributed by atoms with Crippen molar-refractivity contribution >= 4 is 5.97 Å². The molecule has 0 fully saturated rings. The molecule has 1 aromatic rings. The fourth-order valence-corrected chi connectivity index (χ4v) is 1.43. The van der Waals surface area contributed by atoms with Gasteiger partial charge in [0.05, 0.1) is 18.6 Å². The quantitative estimate of drug-likeness (QED) is 0.779. The maximum atomic E-state index is 13.7. The lowest BCUT2D eigenvalue weighted by Gasteiger charge is -2.08. The van der Waals surface area contributed by atoms with Gasteiger partial charge < -0.3 is 4.74 Å². The first-order chi connectivity index (χ1) is 8.51. The third-order valence-corrected chi connectivity index (χ3v) is 2.24. The fraction of sp³-hybridized carbons (Fsp3) is 0.333. The summed E-state index contributed by atoms with van der Waals surface area (Å²) in [6.07, 6.45) is -3.33. The average molecular weight is 257 g/mol. The Kier molecular flexibility index (Phi) is 4.72. The molecule has 0 unspecified atom stereocenters. The van der Waals surface area contributed by atoms with Crippen molar-refractivity contribution in [2.24, 2.45) is 0 Å². The zero-order valence-electron chi connectivity index (χ0n) is 9.54. The van der Waals surface area contributed by atoms with Crippen molar-refractivity contribution in [3.05, 3.63) is 34.6 Å². The summed E-state index contributed by atoms with van der Waals surface area (Å²) in [5.74, 6) is -1.77. The molecule has 0 saturated carbocycles. The van der Waals surface area contributed by atoms with Gasteiger partial charge in [-0.25, -0.2) is 13.2 Å². The molecular formula is C12H10F3NO2. The third kappa shape index (κ3) is 3.00. The lowest BCUT2D eigenvalue weighted by atomic mass is 10.0. The van der Waals surface area contributed by atoms with E-state index in [0.29, 0.717) is 0 Å². The van der Waals surface area contributed by atoms with E-state index in [-0.39, 0.29) is 12.2 Å². The minimum atomic E-state index is -2.94. The monoisotopic (exact) mass is 257 g/mol. The number of carbonyl (C=O) groups excluding carboxylic acids is 1. The molecule has 0 radical (unpaired) electrons. The van der Waals surface area contributed by atoms with Gasteiger partial charge in [-0.2, -0.15) is 5.26 Å². The molecular weight excluding hydrogens is 247 g/mol. The van der Waals surface area contributed by atoms with E-state index in [0.717, 1.165) is 12.1 Å². The zero-order chi connectivity index (χ0) is 13.7. The maximum absolute atomic E-state index is 13.7. The first kappa shape index (κ1) is 14.0. The summed E-state index contributed by atoms with van der Waals surface area (Å²) < 4.78 is 43.3. The van der Waals surface area contributed by atoms with Gasteiger partial charge in [0.2, 0.25) is 0 Å². The number of hydrogen-bond donors (Lipinski definition) is 0. The predicted molar refractivity (Wildman–Crippen MR) is 56.4 cm³/mol. The van der Waals surface area contributed by atoms with Crippen molar-refractivity contribution < 1.29 is 22.7 Å². The van der Waals surface area contributed by atoms with Crippen LogP contribution in [-0.4, -0.2) is 12.6 Å². The molecule has 0 N–H and O–H groups in total. The van der Waals surface area contributed by atoms with Gasteiger partial charge >= 0.3 is 5.97 Å². The number of benzene rings is 1. The maximum Gasteiger partial charge on any atom is 0.310 e. The van der Waals surface area contributed by atoms with Crippen LogP contribution in [0.3, 0.4) is 0 Å². The van der Waals surface area contributed by atoms with Crippen molar-refractivity contribution in [2.45, 2.75) is 19.8 Å². The normalized spacial score (nSPS) is 10.2. The van der Waals surface area contributed by atoms with Crippen molar-refractivity contribution in [2.75, 3.05) is 6.61 Å². The number of alkyl halides is 2. The van der Waals surface area contributed by atoms with Crippen LogP contribution in [0.25, 0.3) is 0 Å². The van der Waals surface area contributed by atoms with Gasteiger partial charge in [0.15, 0.2) is 0 Å². The molecule has 0 atom stereocenters. The summed E-state index contributed by atoms with van der Waals surface area (Å²) in [7, 11) is 0. The van der Waals surface area contributed by atoms with Crippen LogP contribution in [0.15, 0.2) is 12.1 Å². The second-order valence-electron chi connectivity index (χ2n) is 3.40. The Morgan fingerprint density at radius 1 is 1.50 bits per heavy atom. The van der Waals surface area contributed by atoms with Crippen LogP contribution in [0.2, 0.25) is 0 Å². The summed E-state index contributed by atoms with van der Waals surface area (Å²) in [4.78, 5) is 11.2.